The van der Waals surface area contributed by atoms with Crippen molar-refractivity contribution in [3.05, 3.63) is 29.8 Å². The number of nitrogens with one attached hydrogen (secondary N) is 1. The lowest BCUT2D eigenvalue weighted by molar-refractivity contribution is -0.142. The first kappa shape index (κ1) is 15.5. The van der Waals surface area contributed by atoms with Gasteiger partial charge in [-0.05, 0) is 25.1 Å². The van der Waals surface area contributed by atoms with E-state index in [2.05, 4.69) is 9.46 Å². The number of esters is 1. The number of hydrogen-bond donors (Lipinski definition) is 1. The normalized spacial score (nSPS) is 11.3. The molecule has 106 valence electrons. The molecule has 0 saturated carbocycles. The molecule has 1 rings (SSSR count). The molecule has 0 saturated heterocycles. The van der Waals surface area contributed by atoms with Crippen LogP contribution in [0.15, 0.2) is 23.1 Å². The molecule has 1 N–H and O–H groups in total. The van der Waals surface area contributed by atoms with E-state index in [4.69, 9.17) is 0 Å². The Morgan fingerprint density at radius 2 is 2.00 bits per heavy atom. The molecule has 1 aromatic rings. The van der Waals surface area contributed by atoms with Crippen LogP contribution >= 0.6 is 0 Å². The van der Waals surface area contributed by atoms with Gasteiger partial charge in [0.1, 0.15) is 0 Å². The highest BCUT2D eigenvalue weighted by Gasteiger charge is 2.16. The van der Waals surface area contributed by atoms with E-state index < -0.39 is 32.5 Å². The maximum Gasteiger partial charge on any atom is 0.307 e. The van der Waals surface area contributed by atoms with Crippen LogP contribution < -0.4 is 4.72 Å². The van der Waals surface area contributed by atoms with E-state index in [1.54, 1.807) is 6.92 Å². The van der Waals surface area contributed by atoms with E-state index in [1.807, 2.05) is 0 Å². The van der Waals surface area contributed by atoms with Crippen molar-refractivity contribution >= 4 is 16.0 Å². The first-order valence-electron chi connectivity index (χ1n) is 5.47. The van der Waals surface area contributed by atoms with Crippen LogP contribution in [0.4, 0.5) is 8.78 Å². The van der Waals surface area contributed by atoms with Gasteiger partial charge in [-0.15, -0.1) is 0 Å². The molecule has 0 aromatic heterocycles. The third kappa shape index (κ3) is 4.56. The zero-order chi connectivity index (χ0) is 14.5. The molecule has 0 fully saturated rings. The van der Waals surface area contributed by atoms with Crippen LogP contribution in [0, 0.1) is 11.6 Å². The Labute approximate surface area is 109 Å². The summed E-state index contributed by atoms with van der Waals surface area (Å²) in [5.41, 5.74) is 0. The van der Waals surface area contributed by atoms with Gasteiger partial charge in [-0.3, -0.25) is 4.79 Å². The molecule has 0 aliphatic rings. The highest BCUT2D eigenvalue weighted by molar-refractivity contribution is 7.89. The second kappa shape index (κ2) is 6.58. The molecule has 0 aliphatic carbocycles. The highest BCUT2D eigenvalue weighted by atomic mass is 32.2. The average molecular weight is 293 g/mol. The van der Waals surface area contributed by atoms with E-state index in [0.29, 0.717) is 6.07 Å². The predicted molar refractivity (Wildman–Crippen MR) is 62.8 cm³/mol. The van der Waals surface area contributed by atoms with Gasteiger partial charge in [-0.1, -0.05) is 0 Å². The SMILES string of the molecule is CCOC(=O)CCNS(=O)(=O)c1ccc(F)c(F)c1. The second-order valence-corrected chi connectivity index (χ2v) is 5.30. The molecule has 0 spiro atoms. The highest BCUT2D eigenvalue weighted by Crippen LogP contribution is 2.13. The summed E-state index contributed by atoms with van der Waals surface area (Å²) in [5, 5.41) is 0. The summed E-state index contributed by atoms with van der Waals surface area (Å²) in [6, 6.07) is 2.22. The van der Waals surface area contributed by atoms with Gasteiger partial charge in [0.25, 0.3) is 0 Å². The van der Waals surface area contributed by atoms with Gasteiger partial charge < -0.3 is 4.74 Å². The van der Waals surface area contributed by atoms with Crippen molar-refractivity contribution in [1.29, 1.82) is 0 Å². The number of benzene rings is 1. The summed E-state index contributed by atoms with van der Waals surface area (Å²) < 4.78 is 55.7. The largest absolute Gasteiger partial charge is 0.466 e. The Hall–Kier alpha value is -1.54. The topological polar surface area (TPSA) is 72.5 Å². The Balaban J connectivity index is 2.66. The minimum absolute atomic E-state index is 0.142. The molecule has 0 heterocycles. The molecule has 5 nitrogen and oxygen atoms in total. The molecular weight excluding hydrogens is 280 g/mol. The van der Waals surface area contributed by atoms with Crippen LogP contribution in [0.3, 0.4) is 0 Å². The smallest absolute Gasteiger partial charge is 0.307 e. The van der Waals surface area contributed by atoms with Crippen LogP contribution in [-0.2, 0) is 19.6 Å². The molecule has 0 aliphatic heterocycles. The summed E-state index contributed by atoms with van der Waals surface area (Å²) in [4.78, 5) is 10.6. The van der Waals surface area contributed by atoms with E-state index in [1.165, 1.54) is 0 Å². The Morgan fingerprint density at radius 3 is 2.58 bits per heavy atom. The number of halogens is 2. The quantitative estimate of drug-likeness (QED) is 0.800. The fourth-order valence-electron chi connectivity index (χ4n) is 1.25. The van der Waals surface area contributed by atoms with Gasteiger partial charge in [-0.2, -0.15) is 0 Å². The molecule has 0 unspecified atom stereocenters. The van der Waals surface area contributed by atoms with Crippen molar-refractivity contribution in [2.24, 2.45) is 0 Å². The van der Waals surface area contributed by atoms with Gasteiger partial charge in [0.05, 0.1) is 17.9 Å². The Morgan fingerprint density at radius 1 is 1.32 bits per heavy atom. The monoisotopic (exact) mass is 293 g/mol. The fourth-order valence-corrected chi connectivity index (χ4v) is 2.29. The minimum Gasteiger partial charge on any atom is -0.466 e. The van der Waals surface area contributed by atoms with E-state index in [9.17, 15) is 22.0 Å². The van der Waals surface area contributed by atoms with Crippen LogP contribution in [0.5, 0.6) is 0 Å². The van der Waals surface area contributed by atoms with Gasteiger partial charge >= 0.3 is 5.97 Å². The number of carbonyl (C=O) groups is 1. The minimum atomic E-state index is -3.97. The number of sulfonamides is 1. The lowest BCUT2D eigenvalue weighted by atomic mass is 10.3. The first-order chi connectivity index (χ1) is 8.86. The Bertz CT molecular complexity index is 560. The van der Waals surface area contributed by atoms with E-state index in [-0.39, 0.29) is 19.6 Å². The lowest BCUT2D eigenvalue weighted by Crippen LogP contribution is -2.27. The standard InChI is InChI=1S/C11H13F2NO4S/c1-2-18-11(15)5-6-14-19(16,17)8-3-4-9(12)10(13)7-8/h3-4,7,14H,2,5-6H2,1H3. The van der Waals surface area contributed by atoms with Gasteiger partial charge in [-0.25, -0.2) is 21.9 Å². The number of carbonyl (C=O) groups excluding carboxylic acids is 1. The van der Waals surface area contributed by atoms with Crippen LogP contribution in [0.1, 0.15) is 13.3 Å². The van der Waals surface area contributed by atoms with Crippen LogP contribution in [0.25, 0.3) is 0 Å². The fraction of sp³-hybridized carbons (Fsp3) is 0.364. The number of ether oxygens (including phenoxy) is 1. The molecule has 0 bridgehead atoms. The predicted octanol–water partition coefficient (Wildman–Crippen LogP) is 1.20. The maximum atomic E-state index is 12.9. The van der Waals surface area contributed by atoms with E-state index >= 15 is 0 Å². The summed E-state index contributed by atoms with van der Waals surface area (Å²) in [5.74, 6) is -2.94. The molecule has 0 amide bonds. The average Bonchev–Trinajstić information content (AvgIpc) is 2.32. The summed E-state index contributed by atoms with van der Waals surface area (Å²) in [7, 11) is -3.97. The van der Waals surface area contributed by atoms with Crippen molar-refractivity contribution in [2.45, 2.75) is 18.2 Å². The zero-order valence-electron chi connectivity index (χ0n) is 10.2. The second-order valence-electron chi connectivity index (χ2n) is 3.53. The number of rotatable bonds is 6. The third-order valence-electron chi connectivity index (χ3n) is 2.13. The summed E-state index contributed by atoms with van der Waals surface area (Å²) in [6.07, 6.45) is -0.142. The maximum absolute atomic E-state index is 12.9. The lowest BCUT2D eigenvalue weighted by Gasteiger charge is -2.06. The van der Waals surface area contributed by atoms with Crippen molar-refractivity contribution in [1.82, 2.24) is 4.72 Å². The molecule has 0 atom stereocenters. The number of hydrogen-bond acceptors (Lipinski definition) is 4. The van der Waals surface area contributed by atoms with Crippen LogP contribution in [0.2, 0.25) is 0 Å². The van der Waals surface area contributed by atoms with Crippen molar-refractivity contribution in [3.8, 4) is 0 Å². The van der Waals surface area contributed by atoms with Crippen molar-refractivity contribution in [3.63, 3.8) is 0 Å². The van der Waals surface area contributed by atoms with Crippen molar-refractivity contribution in [2.75, 3.05) is 13.2 Å². The first-order valence-corrected chi connectivity index (χ1v) is 6.95. The van der Waals surface area contributed by atoms with Gasteiger partial charge in [0.15, 0.2) is 11.6 Å². The summed E-state index contributed by atoms with van der Waals surface area (Å²) >= 11 is 0. The van der Waals surface area contributed by atoms with Gasteiger partial charge in [0, 0.05) is 6.54 Å². The Kier molecular flexibility index (Phi) is 5.37. The molecule has 1 aromatic carbocycles. The van der Waals surface area contributed by atoms with Crippen molar-refractivity contribution < 1.29 is 26.7 Å². The molecular formula is C11H13F2NO4S. The third-order valence-corrected chi connectivity index (χ3v) is 3.59. The zero-order valence-corrected chi connectivity index (χ0v) is 11.0. The van der Waals surface area contributed by atoms with Crippen LogP contribution in [-0.4, -0.2) is 27.5 Å². The molecule has 0 radical (unpaired) electrons. The van der Waals surface area contributed by atoms with E-state index in [0.717, 1.165) is 12.1 Å². The van der Waals surface area contributed by atoms with Gasteiger partial charge in [0.2, 0.25) is 10.0 Å². The summed E-state index contributed by atoms with van der Waals surface area (Å²) in [6.45, 7) is 1.65. The molecule has 19 heavy (non-hydrogen) atoms. The molecule has 8 heteroatoms.